The van der Waals surface area contributed by atoms with Gasteiger partial charge in [-0.25, -0.2) is 4.39 Å². The second-order valence-electron chi connectivity index (χ2n) is 4.75. The third-order valence-electron chi connectivity index (χ3n) is 3.36. The molecule has 0 N–H and O–H groups in total. The number of rotatable bonds is 2. The predicted octanol–water partition coefficient (Wildman–Crippen LogP) is 6.77. The van der Waals surface area contributed by atoms with E-state index in [2.05, 4.69) is 15.9 Å². The molecule has 21 heavy (non-hydrogen) atoms. The molecule has 106 valence electrons. The van der Waals surface area contributed by atoms with Gasteiger partial charge in [-0.05, 0) is 40.8 Å². The van der Waals surface area contributed by atoms with E-state index in [4.69, 9.17) is 23.2 Å². The van der Waals surface area contributed by atoms with Crippen molar-refractivity contribution in [2.24, 2.45) is 0 Å². The highest BCUT2D eigenvalue weighted by atomic mass is 79.9. The van der Waals surface area contributed by atoms with E-state index < -0.39 is 0 Å². The molecule has 0 spiro atoms. The average molecular weight is 384 g/mol. The molecule has 0 amide bonds. The smallest absolute Gasteiger partial charge is 0.131 e. The van der Waals surface area contributed by atoms with Crippen LogP contribution in [0.25, 0.3) is 10.8 Å². The topological polar surface area (TPSA) is 0 Å². The van der Waals surface area contributed by atoms with E-state index in [0.29, 0.717) is 15.4 Å². The van der Waals surface area contributed by atoms with Crippen molar-refractivity contribution in [3.63, 3.8) is 0 Å². The third-order valence-corrected chi connectivity index (χ3v) is 4.81. The van der Waals surface area contributed by atoms with E-state index in [9.17, 15) is 4.39 Å². The summed E-state index contributed by atoms with van der Waals surface area (Å²) in [6, 6.07) is 16.1. The first kappa shape index (κ1) is 14.8. The van der Waals surface area contributed by atoms with Gasteiger partial charge >= 0.3 is 0 Å². The molecule has 0 radical (unpaired) electrons. The quantitative estimate of drug-likeness (QED) is 0.428. The molecule has 0 heterocycles. The molecule has 3 rings (SSSR count). The van der Waals surface area contributed by atoms with Crippen LogP contribution in [0.15, 0.2) is 54.6 Å². The summed E-state index contributed by atoms with van der Waals surface area (Å²) < 4.78 is 13.9. The van der Waals surface area contributed by atoms with Crippen LogP contribution in [0.3, 0.4) is 0 Å². The number of benzene rings is 3. The van der Waals surface area contributed by atoms with E-state index in [1.807, 2.05) is 30.3 Å². The van der Waals surface area contributed by atoms with Crippen molar-refractivity contribution in [3.8, 4) is 0 Å². The Hall–Kier alpha value is -1.09. The van der Waals surface area contributed by atoms with Gasteiger partial charge in [0.15, 0.2) is 0 Å². The molecule has 0 bridgehead atoms. The Bertz CT molecular complexity index is 797. The monoisotopic (exact) mass is 382 g/mol. The van der Waals surface area contributed by atoms with Crippen LogP contribution < -0.4 is 0 Å². The number of halogens is 4. The Labute approximate surface area is 140 Å². The summed E-state index contributed by atoms with van der Waals surface area (Å²) in [5, 5.41) is 2.63. The van der Waals surface area contributed by atoms with Gasteiger partial charge in [0.2, 0.25) is 0 Å². The molecule has 3 aromatic carbocycles. The predicted molar refractivity (Wildman–Crippen MR) is 91.1 cm³/mol. The zero-order chi connectivity index (χ0) is 15.0. The Morgan fingerprint density at radius 1 is 0.857 bits per heavy atom. The van der Waals surface area contributed by atoms with Crippen LogP contribution in [-0.4, -0.2) is 0 Å². The maximum Gasteiger partial charge on any atom is 0.131 e. The molecule has 0 saturated heterocycles. The lowest BCUT2D eigenvalue weighted by Gasteiger charge is -2.15. The molecule has 0 saturated carbocycles. The number of hydrogen-bond acceptors (Lipinski definition) is 0. The minimum absolute atomic E-state index is 0.112. The molecule has 3 aromatic rings. The Morgan fingerprint density at radius 3 is 2.14 bits per heavy atom. The lowest BCUT2D eigenvalue weighted by atomic mass is 9.98. The maximum atomic E-state index is 13.9. The molecule has 1 atom stereocenters. The van der Waals surface area contributed by atoms with E-state index in [-0.39, 0.29) is 10.6 Å². The van der Waals surface area contributed by atoms with Gasteiger partial charge in [-0.1, -0.05) is 69.5 Å². The normalized spacial score (nSPS) is 12.6. The van der Waals surface area contributed by atoms with E-state index in [1.54, 1.807) is 18.2 Å². The first-order valence-electron chi connectivity index (χ1n) is 6.33. The number of fused-ring (bicyclic) bond motifs is 1. The SMILES string of the molecule is Fc1ccc(C(Br)c2cc(Cl)cc(Cl)c2)c2ccccc12. The van der Waals surface area contributed by atoms with Gasteiger partial charge in [0.25, 0.3) is 0 Å². The average Bonchev–Trinajstić information content (AvgIpc) is 2.46. The number of hydrogen-bond donors (Lipinski definition) is 0. The first-order valence-corrected chi connectivity index (χ1v) is 8.00. The Morgan fingerprint density at radius 2 is 1.48 bits per heavy atom. The van der Waals surface area contributed by atoms with Gasteiger partial charge in [0.1, 0.15) is 5.82 Å². The van der Waals surface area contributed by atoms with E-state index in [0.717, 1.165) is 16.5 Å². The summed E-state index contributed by atoms with van der Waals surface area (Å²) in [4.78, 5) is -0.112. The molecule has 0 aromatic heterocycles. The van der Waals surface area contributed by atoms with Gasteiger partial charge in [0, 0.05) is 15.4 Å². The van der Waals surface area contributed by atoms with Gasteiger partial charge in [0.05, 0.1) is 4.83 Å². The van der Waals surface area contributed by atoms with Crippen molar-refractivity contribution in [2.45, 2.75) is 4.83 Å². The van der Waals surface area contributed by atoms with Crippen LogP contribution >= 0.6 is 39.1 Å². The summed E-state index contributed by atoms with van der Waals surface area (Å²) in [5.41, 5.74) is 1.91. The summed E-state index contributed by atoms with van der Waals surface area (Å²) >= 11 is 15.8. The van der Waals surface area contributed by atoms with Gasteiger partial charge in [-0.15, -0.1) is 0 Å². The summed E-state index contributed by atoms with van der Waals surface area (Å²) in [7, 11) is 0. The molecule has 1 unspecified atom stereocenters. The fraction of sp³-hybridized carbons (Fsp3) is 0.0588. The fourth-order valence-corrected chi connectivity index (χ4v) is 3.61. The maximum absolute atomic E-state index is 13.9. The van der Waals surface area contributed by atoms with E-state index in [1.165, 1.54) is 6.07 Å². The minimum Gasteiger partial charge on any atom is -0.206 e. The van der Waals surface area contributed by atoms with Crippen molar-refractivity contribution < 1.29 is 4.39 Å². The second kappa shape index (κ2) is 5.96. The van der Waals surface area contributed by atoms with Crippen LogP contribution in [0.2, 0.25) is 10.0 Å². The second-order valence-corrected chi connectivity index (χ2v) is 6.54. The van der Waals surface area contributed by atoms with Gasteiger partial charge in [-0.3, -0.25) is 0 Å². The highest BCUT2D eigenvalue weighted by Gasteiger charge is 2.16. The Balaban J connectivity index is 2.18. The zero-order valence-corrected chi connectivity index (χ0v) is 13.9. The standard InChI is InChI=1S/C17H10BrCl2F/c18-17(10-7-11(19)9-12(20)8-10)15-5-6-16(21)14-4-2-1-3-13(14)15/h1-9,17H. The van der Waals surface area contributed by atoms with Crippen LogP contribution in [0.1, 0.15) is 16.0 Å². The molecule has 0 aliphatic heterocycles. The minimum atomic E-state index is -0.224. The third kappa shape index (κ3) is 2.94. The lowest BCUT2D eigenvalue weighted by molar-refractivity contribution is 0.639. The summed E-state index contributed by atoms with van der Waals surface area (Å²) in [6.45, 7) is 0. The largest absolute Gasteiger partial charge is 0.206 e. The van der Waals surface area contributed by atoms with Crippen molar-refractivity contribution in [1.29, 1.82) is 0 Å². The lowest BCUT2D eigenvalue weighted by Crippen LogP contribution is -1.95. The highest BCUT2D eigenvalue weighted by molar-refractivity contribution is 9.09. The van der Waals surface area contributed by atoms with Crippen molar-refractivity contribution >= 4 is 49.9 Å². The molecule has 4 heteroatoms. The molecular formula is C17H10BrCl2F. The zero-order valence-electron chi connectivity index (χ0n) is 10.8. The van der Waals surface area contributed by atoms with Crippen molar-refractivity contribution in [2.75, 3.05) is 0 Å². The van der Waals surface area contributed by atoms with Crippen molar-refractivity contribution in [3.05, 3.63) is 81.6 Å². The number of alkyl halides is 1. The first-order chi connectivity index (χ1) is 10.1. The summed E-state index contributed by atoms with van der Waals surface area (Å²) in [6.07, 6.45) is 0. The van der Waals surface area contributed by atoms with Crippen LogP contribution in [0.5, 0.6) is 0 Å². The van der Waals surface area contributed by atoms with Crippen LogP contribution in [0.4, 0.5) is 4.39 Å². The molecule has 0 nitrogen and oxygen atoms in total. The molecule has 0 aliphatic carbocycles. The van der Waals surface area contributed by atoms with Crippen molar-refractivity contribution in [1.82, 2.24) is 0 Å². The molecule has 0 fully saturated rings. The van der Waals surface area contributed by atoms with Gasteiger partial charge < -0.3 is 0 Å². The molecular weight excluding hydrogens is 374 g/mol. The Kier molecular flexibility index (Phi) is 4.21. The molecule has 0 aliphatic rings. The fourth-order valence-electron chi connectivity index (χ4n) is 2.41. The van der Waals surface area contributed by atoms with E-state index >= 15 is 0 Å². The van der Waals surface area contributed by atoms with Crippen LogP contribution in [-0.2, 0) is 0 Å². The highest BCUT2D eigenvalue weighted by Crippen LogP contribution is 2.38. The summed E-state index contributed by atoms with van der Waals surface area (Å²) in [5.74, 6) is -0.224. The van der Waals surface area contributed by atoms with Crippen LogP contribution in [0, 0.1) is 5.82 Å². The van der Waals surface area contributed by atoms with Gasteiger partial charge in [-0.2, -0.15) is 0 Å².